The fourth-order valence-electron chi connectivity index (χ4n) is 3.68. The molecule has 5 rings (SSSR count). The molecular weight excluding hydrogens is 353 g/mol. The minimum atomic E-state index is -0.379. The molecule has 4 nitrogen and oxygen atoms in total. The van der Waals surface area contributed by atoms with Crippen LogP contribution >= 0.6 is 0 Å². The van der Waals surface area contributed by atoms with Gasteiger partial charge in [0.05, 0.1) is 17.4 Å². The molecule has 1 atom stereocenters. The first kappa shape index (κ1) is 16.4. The predicted molar refractivity (Wildman–Crippen MR) is 105 cm³/mol. The summed E-state index contributed by atoms with van der Waals surface area (Å²) in [5, 5.41) is 7.63. The summed E-state index contributed by atoms with van der Waals surface area (Å²) in [4.78, 5) is 12.7. The van der Waals surface area contributed by atoms with E-state index in [0.717, 1.165) is 28.1 Å². The molecule has 2 heterocycles. The van der Waals surface area contributed by atoms with Crippen LogP contribution in [0.4, 0.5) is 4.39 Å². The van der Waals surface area contributed by atoms with Crippen molar-refractivity contribution in [1.29, 1.82) is 0 Å². The molecule has 0 spiro atoms. The maximum Gasteiger partial charge on any atom is 0.272 e. The molecule has 3 aromatic carbocycles. The summed E-state index contributed by atoms with van der Waals surface area (Å²) < 4.78 is 15.2. The second-order valence-electron chi connectivity index (χ2n) is 6.68. The lowest BCUT2D eigenvalue weighted by Gasteiger charge is -2.16. The van der Waals surface area contributed by atoms with Gasteiger partial charge in [-0.3, -0.25) is 4.79 Å². The van der Waals surface area contributed by atoms with Gasteiger partial charge in [-0.15, -0.1) is 0 Å². The van der Waals surface area contributed by atoms with Gasteiger partial charge < -0.3 is 5.32 Å². The lowest BCUT2D eigenvalue weighted by atomic mass is 9.96. The highest BCUT2D eigenvalue weighted by Gasteiger charge is 2.37. The summed E-state index contributed by atoms with van der Waals surface area (Å²) in [6.45, 7) is 0. The lowest BCUT2D eigenvalue weighted by Crippen LogP contribution is -2.22. The largest absolute Gasteiger partial charge is 0.340 e. The van der Waals surface area contributed by atoms with Crippen molar-refractivity contribution in [1.82, 2.24) is 15.1 Å². The molecule has 0 fully saturated rings. The summed E-state index contributed by atoms with van der Waals surface area (Å²) in [6, 6.07) is 25.4. The quantitative estimate of drug-likeness (QED) is 0.577. The second-order valence-corrected chi connectivity index (χ2v) is 6.68. The zero-order chi connectivity index (χ0) is 19.1. The molecule has 1 aliphatic rings. The van der Waals surface area contributed by atoms with Crippen molar-refractivity contribution >= 4 is 5.91 Å². The number of carbonyl (C=O) groups excluding carboxylic acids is 1. The van der Waals surface area contributed by atoms with E-state index < -0.39 is 0 Å². The van der Waals surface area contributed by atoms with Crippen LogP contribution in [0.1, 0.15) is 27.7 Å². The highest BCUT2D eigenvalue weighted by Crippen LogP contribution is 2.39. The molecule has 4 aromatic rings. The molecule has 0 bridgehead atoms. The molecule has 28 heavy (non-hydrogen) atoms. The Kier molecular flexibility index (Phi) is 3.79. The highest BCUT2D eigenvalue weighted by molar-refractivity contribution is 6.00. The average molecular weight is 369 g/mol. The molecule has 1 amide bonds. The van der Waals surface area contributed by atoms with Crippen LogP contribution in [0.15, 0.2) is 84.9 Å². The van der Waals surface area contributed by atoms with Gasteiger partial charge in [0.2, 0.25) is 0 Å². The van der Waals surface area contributed by atoms with Crippen molar-refractivity contribution in [3.05, 3.63) is 108 Å². The van der Waals surface area contributed by atoms with Gasteiger partial charge in [0.1, 0.15) is 5.82 Å². The van der Waals surface area contributed by atoms with Crippen LogP contribution < -0.4 is 5.32 Å². The highest BCUT2D eigenvalue weighted by atomic mass is 19.1. The first-order valence-corrected chi connectivity index (χ1v) is 9.02. The number of aromatic nitrogens is 2. The molecule has 0 saturated carbocycles. The zero-order valence-corrected chi connectivity index (χ0v) is 14.8. The average Bonchev–Trinajstić information content (AvgIpc) is 3.28. The van der Waals surface area contributed by atoms with E-state index >= 15 is 0 Å². The Morgan fingerprint density at radius 1 is 0.857 bits per heavy atom. The summed E-state index contributed by atoms with van der Waals surface area (Å²) in [7, 11) is 0. The number of carbonyl (C=O) groups is 1. The van der Waals surface area contributed by atoms with Gasteiger partial charge in [-0.2, -0.15) is 5.10 Å². The number of rotatable bonds is 3. The van der Waals surface area contributed by atoms with Crippen molar-refractivity contribution in [2.24, 2.45) is 0 Å². The topological polar surface area (TPSA) is 46.9 Å². The van der Waals surface area contributed by atoms with E-state index in [1.807, 2.05) is 65.3 Å². The van der Waals surface area contributed by atoms with E-state index in [9.17, 15) is 9.18 Å². The van der Waals surface area contributed by atoms with E-state index in [4.69, 9.17) is 0 Å². The minimum absolute atomic E-state index is 0.226. The first-order chi connectivity index (χ1) is 13.7. The van der Waals surface area contributed by atoms with Gasteiger partial charge in [-0.25, -0.2) is 9.07 Å². The van der Waals surface area contributed by atoms with Crippen LogP contribution in [-0.2, 0) is 0 Å². The summed E-state index contributed by atoms with van der Waals surface area (Å²) >= 11 is 0. The SMILES string of the molecule is O=C1NC(c2ccc(F)cc2)c2c1nn(-c1ccccc1)c2-c1ccccc1. The van der Waals surface area contributed by atoms with E-state index in [0.29, 0.717) is 5.69 Å². The Balaban J connectivity index is 1.77. The fourth-order valence-corrected chi connectivity index (χ4v) is 3.68. The molecule has 1 aromatic heterocycles. The van der Waals surface area contributed by atoms with Gasteiger partial charge in [0, 0.05) is 11.1 Å². The maximum atomic E-state index is 13.4. The molecule has 0 saturated heterocycles. The normalized spacial score (nSPS) is 15.3. The zero-order valence-electron chi connectivity index (χ0n) is 14.8. The molecule has 1 unspecified atom stereocenters. The Morgan fingerprint density at radius 3 is 2.18 bits per heavy atom. The van der Waals surface area contributed by atoms with Gasteiger partial charge in [-0.1, -0.05) is 60.7 Å². The smallest absolute Gasteiger partial charge is 0.272 e. The molecule has 1 aliphatic heterocycles. The van der Waals surface area contributed by atoms with Gasteiger partial charge in [0.15, 0.2) is 5.69 Å². The van der Waals surface area contributed by atoms with E-state index in [1.165, 1.54) is 12.1 Å². The van der Waals surface area contributed by atoms with E-state index in [1.54, 1.807) is 12.1 Å². The third kappa shape index (κ3) is 2.60. The molecular formula is C23H16FN3O. The number of benzene rings is 3. The fraction of sp³-hybridized carbons (Fsp3) is 0.0435. The second kappa shape index (κ2) is 6.46. The van der Waals surface area contributed by atoms with Gasteiger partial charge in [-0.05, 0) is 29.8 Å². The number of nitrogens with zero attached hydrogens (tertiary/aromatic N) is 2. The Bertz CT molecular complexity index is 1150. The van der Waals surface area contributed by atoms with Gasteiger partial charge in [0.25, 0.3) is 5.91 Å². The molecule has 136 valence electrons. The van der Waals surface area contributed by atoms with Crippen molar-refractivity contribution < 1.29 is 9.18 Å². The summed E-state index contributed by atoms with van der Waals surface area (Å²) in [6.07, 6.45) is 0. The summed E-state index contributed by atoms with van der Waals surface area (Å²) in [5.41, 5.74) is 4.72. The maximum absolute atomic E-state index is 13.4. The lowest BCUT2D eigenvalue weighted by molar-refractivity contribution is 0.0955. The number of amides is 1. The van der Waals surface area contributed by atoms with Gasteiger partial charge >= 0.3 is 0 Å². The molecule has 1 N–H and O–H groups in total. The number of nitrogens with one attached hydrogen (secondary N) is 1. The van der Waals surface area contributed by atoms with E-state index in [-0.39, 0.29) is 17.8 Å². The van der Waals surface area contributed by atoms with Crippen molar-refractivity contribution in [2.75, 3.05) is 0 Å². The summed E-state index contributed by atoms with van der Waals surface area (Å²) in [5.74, 6) is -0.534. The standard InChI is InChI=1S/C23H16FN3O/c24-17-13-11-15(12-14-17)20-19-21(23(28)25-20)26-27(18-9-5-2-6-10-18)22(19)16-7-3-1-4-8-16/h1-14,20H,(H,25,28). The van der Waals surface area contributed by atoms with Crippen LogP contribution in [-0.4, -0.2) is 15.7 Å². The number of halogens is 1. The van der Waals surface area contributed by atoms with E-state index in [2.05, 4.69) is 10.4 Å². The predicted octanol–water partition coefficient (Wildman–Crippen LogP) is 4.51. The van der Waals surface area contributed by atoms with Crippen LogP contribution in [0.25, 0.3) is 16.9 Å². The van der Waals surface area contributed by atoms with Crippen molar-refractivity contribution in [3.63, 3.8) is 0 Å². The Hall–Kier alpha value is -3.73. The van der Waals surface area contributed by atoms with Crippen molar-refractivity contribution in [3.8, 4) is 16.9 Å². The monoisotopic (exact) mass is 369 g/mol. The van der Waals surface area contributed by atoms with Crippen molar-refractivity contribution in [2.45, 2.75) is 6.04 Å². The Labute approximate surface area is 161 Å². The third-order valence-corrected chi connectivity index (χ3v) is 4.95. The number of para-hydroxylation sites is 1. The first-order valence-electron chi connectivity index (χ1n) is 9.02. The number of fused-ring (bicyclic) bond motifs is 1. The van der Waals surface area contributed by atoms with Crippen LogP contribution in [0.2, 0.25) is 0 Å². The number of hydrogen-bond donors (Lipinski definition) is 1. The van der Waals surface area contributed by atoms with Crippen LogP contribution in [0, 0.1) is 5.82 Å². The van der Waals surface area contributed by atoms with Crippen LogP contribution in [0.5, 0.6) is 0 Å². The molecule has 5 heteroatoms. The minimum Gasteiger partial charge on any atom is -0.340 e. The Morgan fingerprint density at radius 2 is 1.50 bits per heavy atom. The molecule has 0 radical (unpaired) electrons. The van der Waals surface area contributed by atoms with Crippen LogP contribution in [0.3, 0.4) is 0 Å². The number of hydrogen-bond acceptors (Lipinski definition) is 2. The third-order valence-electron chi connectivity index (χ3n) is 4.95. The molecule has 0 aliphatic carbocycles.